The summed E-state index contributed by atoms with van der Waals surface area (Å²) in [7, 11) is 0. The topological polar surface area (TPSA) is 32.7 Å². The van der Waals surface area contributed by atoms with E-state index in [-0.39, 0.29) is 18.0 Å². The van der Waals surface area contributed by atoms with Gasteiger partial charge in [0.2, 0.25) is 0 Å². The number of aliphatic hydroxyl groups is 1. The lowest BCUT2D eigenvalue weighted by Crippen LogP contribution is -2.51. The lowest BCUT2D eigenvalue weighted by molar-refractivity contribution is -0.210. The van der Waals surface area contributed by atoms with Gasteiger partial charge in [-0.05, 0) is 41.8 Å². The van der Waals surface area contributed by atoms with Gasteiger partial charge in [-0.15, -0.1) is 0 Å². The Morgan fingerprint density at radius 1 is 1.02 bits per heavy atom. The molecule has 0 spiro atoms. The maximum absolute atomic E-state index is 13.7. The van der Waals surface area contributed by atoms with Gasteiger partial charge in [0.05, 0.1) is 5.56 Å². The Morgan fingerprint density at radius 3 is 2.38 bits per heavy atom. The van der Waals surface area contributed by atoms with Crippen LogP contribution in [0.25, 0.3) is 5.57 Å². The Labute approximate surface area is 229 Å². The van der Waals surface area contributed by atoms with Gasteiger partial charge >= 0.3 is 12.4 Å². The molecule has 4 unspecified atom stereocenters. The van der Waals surface area contributed by atoms with Crippen LogP contribution in [0.1, 0.15) is 31.4 Å². The van der Waals surface area contributed by atoms with Crippen LogP contribution < -0.4 is 4.74 Å². The van der Waals surface area contributed by atoms with Crippen LogP contribution in [-0.2, 0) is 6.18 Å². The second-order valence-corrected chi connectivity index (χ2v) is 10.5. The molecule has 2 aliphatic carbocycles. The molecule has 0 fully saturated rings. The van der Waals surface area contributed by atoms with Crippen molar-refractivity contribution in [2.24, 2.45) is 11.3 Å². The number of ether oxygens (including phenoxy) is 1. The number of halogens is 6. The molecule has 0 saturated carbocycles. The number of alkyl halides is 6. The summed E-state index contributed by atoms with van der Waals surface area (Å²) in [6.45, 7) is 2.98. The molecular weight excluding hydrogens is 532 g/mol. The monoisotopic (exact) mass is 563 g/mol. The van der Waals surface area contributed by atoms with Crippen LogP contribution >= 0.6 is 0 Å². The quantitative estimate of drug-likeness (QED) is 0.333. The molecule has 2 aromatic carbocycles. The van der Waals surface area contributed by atoms with E-state index in [9.17, 15) is 31.4 Å². The van der Waals surface area contributed by atoms with E-state index in [1.807, 2.05) is 13.0 Å². The van der Waals surface area contributed by atoms with Gasteiger partial charge in [0.1, 0.15) is 11.5 Å². The molecule has 2 aromatic rings. The fourth-order valence-electron chi connectivity index (χ4n) is 5.22. The van der Waals surface area contributed by atoms with Crippen molar-refractivity contribution in [2.45, 2.75) is 44.8 Å². The highest BCUT2D eigenvalue weighted by Crippen LogP contribution is 2.41. The summed E-state index contributed by atoms with van der Waals surface area (Å²) < 4.78 is 87.7. The molecule has 0 radical (unpaired) electrons. The first-order valence-corrected chi connectivity index (χ1v) is 12.9. The van der Waals surface area contributed by atoms with Crippen molar-refractivity contribution in [1.82, 2.24) is 4.90 Å². The Kier molecular flexibility index (Phi) is 8.66. The summed E-state index contributed by atoms with van der Waals surface area (Å²) in [6.07, 6.45) is -1.33. The molecule has 4 rings (SSSR count). The van der Waals surface area contributed by atoms with Gasteiger partial charge in [-0.1, -0.05) is 80.6 Å². The first kappa shape index (κ1) is 29.7. The second kappa shape index (κ2) is 11.7. The maximum Gasteiger partial charge on any atom is 0.417 e. The van der Waals surface area contributed by atoms with Crippen LogP contribution in [0.3, 0.4) is 0 Å². The lowest BCUT2D eigenvalue weighted by Gasteiger charge is -2.42. The molecule has 9 heteroatoms. The third-order valence-electron chi connectivity index (χ3n) is 7.21. The zero-order valence-corrected chi connectivity index (χ0v) is 22.1. The van der Waals surface area contributed by atoms with Gasteiger partial charge in [0, 0.05) is 30.5 Å². The zero-order chi connectivity index (χ0) is 29.1. The molecule has 3 nitrogen and oxygen atoms in total. The first-order valence-electron chi connectivity index (χ1n) is 12.9. The number of benzene rings is 2. The van der Waals surface area contributed by atoms with E-state index in [1.165, 1.54) is 18.2 Å². The molecule has 0 heterocycles. The highest BCUT2D eigenvalue weighted by atomic mass is 19.4. The van der Waals surface area contributed by atoms with Crippen LogP contribution in [0.15, 0.2) is 96.8 Å². The minimum atomic E-state index is -4.83. The Hall–Kier alpha value is -3.30. The number of allylic oxidation sites excluding steroid dienone is 5. The van der Waals surface area contributed by atoms with E-state index >= 15 is 0 Å². The number of hydrogen-bond donors (Lipinski definition) is 1. The predicted molar refractivity (Wildman–Crippen MR) is 142 cm³/mol. The molecule has 0 aliphatic heterocycles. The SMILES string of the molecule is CC1C(Oc2ccccc2)=CC=CC1N(CC(O)C(F)(F)F)CC1(C)C=C(c2ccccc2C(F)(F)F)C=CC1. The molecule has 0 saturated heterocycles. The van der Waals surface area contributed by atoms with Gasteiger partial charge < -0.3 is 9.84 Å². The fourth-order valence-corrected chi connectivity index (χ4v) is 5.22. The summed E-state index contributed by atoms with van der Waals surface area (Å²) in [4.78, 5) is 1.55. The molecule has 40 heavy (non-hydrogen) atoms. The van der Waals surface area contributed by atoms with Gasteiger partial charge in [-0.2, -0.15) is 26.3 Å². The first-order chi connectivity index (χ1) is 18.8. The fraction of sp³-hybridized carbons (Fsp3) is 0.355. The highest BCUT2D eigenvalue weighted by Gasteiger charge is 2.43. The van der Waals surface area contributed by atoms with Gasteiger partial charge in [-0.3, -0.25) is 4.90 Å². The van der Waals surface area contributed by atoms with E-state index < -0.39 is 42.0 Å². The summed E-state index contributed by atoms with van der Waals surface area (Å²) in [5, 5.41) is 10.1. The molecule has 4 atom stereocenters. The lowest BCUT2D eigenvalue weighted by atomic mass is 9.78. The van der Waals surface area contributed by atoms with Crippen molar-refractivity contribution in [3.05, 3.63) is 108 Å². The van der Waals surface area contributed by atoms with Crippen molar-refractivity contribution in [3.8, 4) is 5.75 Å². The Morgan fingerprint density at radius 2 is 1.70 bits per heavy atom. The molecule has 2 aliphatic rings. The third-order valence-corrected chi connectivity index (χ3v) is 7.21. The van der Waals surface area contributed by atoms with Crippen LogP contribution in [0.2, 0.25) is 0 Å². The number of nitrogens with zero attached hydrogens (tertiary/aromatic N) is 1. The largest absolute Gasteiger partial charge is 0.461 e. The summed E-state index contributed by atoms with van der Waals surface area (Å²) >= 11 is 0. The van der Waals surface area contributed by atoms with Crippen molar-refractivity contribution in [3.63, 3.8) is 0 Å². The van der Waals surface area contributed by atoms with Crippen molar-refractivity contribution < 1.29 is 36.2 Å². The normalized spacial score (nSPS) is 24.1. The van der Waals surface area contributed by atoms with Gasteiger partial charge in [0.25, 0.3) is 0 Å². The third kappa shape index (κ3) is 7.06. The van der Waals surface area contributed by atoms with Crippen LogP contribution in [0.5, 0.6) is 5.75 Å². The van der Waals surface area contributed by atoms with E-state index in [4.69, 9.17) is 4.74 Å². The van der Waals surface area contributed by atoms with E-state index in [0.29, 0.717) is 23.5 Å². The second-order valence-electron chi connectivity index (χ2n) is 10.5. The number of rotatable bonds is 8. The number of aliphatic hydroxyl groups excluding tert-OH is 1. The standard InChI is InChI=1S/C31H31F6NO2/c1-21-26(15-8-16-27(21)40-23-11-4-3-5-12-23)38(19-28(39)31(35,36)37)20-29(2)17-9-10-22(18-29)24-13-6-7-14-25(24)30(32,33)34/h3-16,18,21,26,28,39H,17,19-20H2,1-2H3. The summed E-state index contributed by atoms with van der Waals surface area (Å²) in [6, 6.07) is 13.7. The molecule has 0 bridgehead atoms. The van der Waals surface area contributed by atoms with Crippen molar-refractivity contribution >= 4 is 5.57 Å². The van der Waals surface area contributed by atoms with Crippen LogP contribution in [-0.4, -0.2) is 41.4 Å². The van der Waals surface area contributed by atoms with E-state index in [1.54, 1.807) is 72.5 Å². The average molecular weight is 564 g/mol. The highest BCUT2D eigenvalue weighted by molar-refractivity contribution is 5.78. The van der Waals surface area contributed by atoms with Gasteiger partial charge in [-0.25, -0.2) is 0 Å². The molecular formula is C31H31F6NO2. The number of hydrogen-bond acceptors (Lipinski definition) is 3. The van der Waals surface area contributed by atoms with Crippen molar-refractivity contribution in [1.29, 1.82) is 0 Å². The average Bonchev–Trinajstić information content (AvgIpc) is 2.89. The summed E-state index contributed by atoms with van der Waals surface area (Å²) in [5.41, 5.74) is -1.25. The molecule has 0 aromatic heterocycles. The van der Waals surface area contributed by atoms with Gasteiger partial charge in [0.15, 0.2) is 6.10 Å². The van der Waals surface area contributed by atoms with Crippen LogP contribution in [0.4, 0.5) is 26.3 Å². The molecule has 0 amide bonds. The molecule has 214 valence electrons. The van der Waals surface area contributed by atoms with E-state index in [2.05, 4.69) is 0 Å². The Bertz CT molecular complexity index is 1290. The maximum atomic E-state index is 13.7. The van der Waals surface area contributed by atoms with Crippen LogP contribution in [0, 0.1) is 11.3 Å². The number of para-hydroxylation sites is 1. The molecule has 1 N–H and O–H groups in total. The minimum Gasteiger partial charge on any atom is -0.461 e. The zero-order valence-electron chi connectivity index (χ0n) is 22.1. The van der Waals surface area contributed by atoms with E-state index in [0.717, 1.165) is 6.07 Å². The predicted octanol–water partition coefficient (Wildman–Crippen LogP) is 7.82. The summed E-state index contributed by atoms with van der Waals surface area (Å²) in [5.74, 6) is 0.758. The van der Waals surface area contributed by atoms with Crippen molar-refractivity contribution in [2.75, 3.05) is 13.1 Å². The smallest absolute Gasteiger partial charge is 0.417 e. The minimum absolute atomic E-state index is 0.00598. The Balaban J connectivity index is 1.64.